The molecule has 1 unspecified atom stereocenters. The van der Waals surface area contributed by atoms with Gasteiger partial charge in [-0.2, -0.15) is 0 Å². The zero-order valence-electron chi connectivity index (χ0n) is 12.0. The molecule has 1 aliphatic carbocycles. The van der Waals surface area contributed by atoms with Gasteiger partial charge in [0.15, 0.2) is 0 Å². The molecule has 2 fully saturated rings. The van der Waals surface area contributed by atoms with Crippen molar-refractivity contribution in [1.29, 1.82) is 0 Å². The van der Waals surface area contributed by atoms with Crippen LogP contribution < -0.4 is 10.6 Å². The van der Waals surface area contributed by atoms with Crippen molar-refractivity contribution < 1.29 is 4.79 Å². The lowest BCUT2D eigenvalue weighted by atomic mass is 9.77. The summed E-state index contributed by atoms with van der Waals surface area (Å²) < 4.78 is 0. The van der Waals surface area contributed by atoms with Gasteiger partial charge in [-0.05, 0) is 44.1 Å². The van der Waals surface area contributed by atoms with E-state index >= 15 is 0 Å². The third kappa shape index (κ3) is 2.87. The van der Waals surface area contributed by atoms with Crippen LogP contribution in [0.2, 0.25) is 0 Å². The average molecular weight is 252 g/mol. The van der Waals surface area contributed by atoms with Gasteiger partial charge in [0.2, 0.25) is 5.91 Å². The van der Waals surface area contributed by atoms with Crippen LogP contribution in [0.3, 0.4) is 0 Å². The fraction of sp³-hybridized carbons (Fsp3) is 0.933. The summed E-state index contributed by atoms with van der Waals surface area (Å²) in [6.45, 7) is 7.24. The van der Waals surface area contributed by atoms with E-state index < -0.39 is 0 Å². The van der Waals surface area contributed by atoms with Crippen LogP contribution in [0, 0.1) is 10.8 Å². The molecule has 0 aromatic carbocycles. The fourth-order valence-electron chi connectivity index (χ4n) is 3.51. The van der Waals surface area contributed by atoms with E-state index in [0.29, 0.717) is 5.41 Å². The Morgan fingerprint density at radius 3 is 2.50 bits per heavy atom. The Hall–Kier alpha value is -0.570. The number of rotatable bonds is 4. The van der Waals surface area contributed by atoms with E-state index in [1.54, 1.807) is 0 Å². The number of nitrogens with one attached hydrogen (secondary N) is 2. The summed E-state index contributed by atoms with van der Waals surface area (Å²) in [6, 6.07) is 0. The van der Waals surface area contributed by atoms with Gasteiger partial charge in [-0.3, -0.25) is 4.79 Å². The largest absolute Gasteiger partial charge is 0.355 e. The van der Waals surface area contributed by atoms with E-state index in [1.807, 2.05) is 0 Å². The molecule has 0 aromatic rings. The van der Waals surface area contributed by atoms with Crippen LogP contribution >= 0.6 is 0 Å². The molecule has 0 aromatic heterocycles. The van der Waals surface area contributed by atoms with E-state index in [4.69, 9.17) is 0 Å². The van der Waals surface area contributed by atoms with Crippen LogP contribution in [0.15, 0.2) is 0 Å². The van der Waals surface area contributed by atoms with Gasteiger partial charge in [-0.1, -0.05) is 26.7 Å². The van der Waals surface area contributed by atoms with E-state index in [-0.39, 0.29) is 11.3 Å². The van der Waals surface area contributed by atoms with Gasteiger partial charge in [-0.15, -0.1) is 0 Å². The van der Waals surface area contributed by atoms with Gasteiger partial charge in [0, 0.05) is 13.1 Å². The molecular formula is C15H28N2O. The quantitative estimate of drug-likeness (QED) is 0.807. The van der Waals surface area contributed by atoms with E-state index in [9.17, 15) is 4.79 Å². The molecule has 1 saturated heterocycles. The maximum absolute atomic E-state index is 12.5. The summed E-state index contributed by atoms with van der Waals surface area (Å²) in [5.74, 6) is 0.283. The highest BCUT2D eigenvalue weighted by Crippen LogP contribution is 2.37. The first kappa shape index (κ1) is 13.9. The number of hydrogen-bond donors (Lipinski definition) is 2. The first-order chi connectivity index (χ1) is 8.60. The molecule has 0 radical (unpaired) electrons. The van der Waals surface area contributed by atoms with Gasteiger partial charge in [0.1, 0.15) is 0 Å². The molecule has 1 heterocycles. The summed E-state index contributed by atoms with van der Waals surface area (Å²) in [5.41, 5.74) is 0.208. The SMILES string of the molecule is CCC1(C(=O)NCC2(C)CCCC2)CCCNC1. The highest BCUT2D eigenvalue weighted by Gasteiger charge is 2.39. The monoisotopic (exact) mass is 252 g/mol. The third-order valence-electron chi connectivity index (χ3n) is 5.12. The Kier molecular flexibility index (Phi) is 4.31. The van der Waals surface area contributed by atoms with Crippen LogP contribution in [-0.4, -0.2) is 25.5 Å². The Balaban J connectivity index is 1.89. The molecule has 1 saturated carbocycles. The van der Waals surface area contributed by atoms with Gasteiger partial charge >= 0.3 is 0 Å². The summed E-state index contributed by atoms with van der Waals surface area (Å²) in [7, 11) is 0. The minimum Gasteiger partial charge on any atom is -0.355 e. The van der Waals surface area contributed by atoms with Gasteiger partial charge in [0.05, 0.1) is 5.41 Å². The number of amides is 1. The lowest BCUT2D eigenvalue weighted by Gasteiger charge is -2.36. The summed E-state index contributed by atoms with van der Waals surface area (Å²) in [4.78, 5) is 12.5. The molecular weight excluding hydrogens is 224 g/mol. The van der Waals surface area contributed by atoms with Crippen LogP contribution in [0.25, 0.3) is 0 Å². The molecule has 3 nitrogen and oxygen atoms in total. The van der Waals surface area contributed by atoms with Crippen molar-refractivity contribution in [3.8, 4) is 0 Å². The molecule has 1 aliphatic heterocycles. The lowest BCUT2D eigenvalue weighted by Crippen LogP contribution is -2.51. The fourth-order valence-corrected chi connectivity index (χ4v) is 3.51. The average Bonchev–Trinajstić information content (AvgIpc) is 2.84. The maximum atomic E-state index is 12.5. The van der Waals surface area contributed by atoms with Crippen molar-refractivity contribution in [3.05, 3.63) is 0 Å². The van der Waals surface area contributed by atoms with Crippen molar-refractivity contribution in [2.24, 2.45) is 10.8 Å². The highest BCUT2D eigenvalue weighted by molar-refractivity contribution is 5.83. The maximum Gasteiger partial charge on any atom is 0.227 e. The zero-order valence-corrected chi connectivity index (χ0v) is 12.0. The van der Waals surface area contributed by atoms with E-state index in [0.717, 1.165) is 38.9 Å². The Labute approximate surface area is 111 Å². The number of hydrogen-bond acceptors (Lipinski definition) is 2. The predicted octanol–water partition coefficient (Wildman–Crippen LogP) is 2.46. The first-order valence-corrected chi connectivity index (χ1v) is 7.59. The topological polar surface area (TPSA) is 41.1 Å². The van der Waals surface area contributed by atoms with Crippen molar-refractivity contribution in [3.63, 3.8) is 0 Å². The second kappa shape index (κ2) is 5.60. The molecule has 18 heavy (non-hydrogen) atoms. The van der Waals surface area contributed by atoms with E-state index in [1.165, 1.54) is 25.7 Å². The van der Waals surface area contributed by atoms with Gasteiger partial charge in [-0.25, -0.2) is 0 Å². The molecule has 0 spiro atoms. The molecule has 3 heteroatoms. The van der Waals surface area contributed by atoms with Crippen molar-refractivity contribution in [2.45, 2.75) is 58.8 Å². The first-order valence-electron chi connectivity index (χ1n) is 7.59. The van der Waals surface area contributed by atoms with Crippen LogP contribution in [0.4, 0.5) is 0 Å². The Morgan fingerprint density at radius 2 is 1.94 bits per heavy atom. The molecule has 2 rings (SSSR count). The van der Waals surface area contributed by atoms with Crippen LogP contribution in [-0.2, 0) is 4.79 Å². The smallest absolute Gasteiger partial charge is 0.227 e. The molecule has 2 aliphatic rings. The van der Waals surface area contributed by atoms with Crippen molar-refractivity contribution in [1.82, 2.24) is 10.6 Å². The van der Waals surface area contributed by atoms with Gasteiger partial charge < -0.3 is 10.6 Å². The molecule has 1 amide bonds. The zero-order chi connectivity index (χ0) is 13.1. The third-order valence-corrected chi connectivity index (χ3v) is 5.12. The second-order valence-electron chi connectivity index (χ2n) is 6.61. The standard InChI is InChI=1S/C15H28N2O/c1-3-15(9-6-10-16-12-15)13(18)17-11-14(2)7-4-5-8-14/h16H,3-12H2,1-2H3,(H,17,18). The predicted molar refractivity (Wildman–Crippen MR) is 74.4 cm³/mol. The molecule has 104 valence electrons. The van der Waals surface area contributed by atoms with E-state index in [2.05, 4.69) is 24.5 Å². The summed E-state index contributed by atoms with van der Waals surface area (Å²) in [6.07, 6.45) is 8.30. The number of piperidine rings is 1. The molecule has 0 bridgehead atoms. The second-order valence-corrected chi connectivity index (χ2v) is 6.61. The van der Waals surface area contributed by atoms with Crippen molar-refractivity contribution in [2.75, 3.05) is 19.6 Å². The normalized spacial score (nSPS) is 31.2. The minimum absolute atomic E-state index is 0.146. The number of carbonyl (C=O) groups is 1. The molecule has 2 N–H and O–H groups in total. The lowest BCUT2D eigenvalue weighted by molar-refractivity contribution is -0.132. The Bertz CT molecular complexity index is 289. The van der Waals surface area contributed by atoms with Crippen LogP contribution in [0.1, 0.15) is 58.8 Å². The summed E-state index contributed by atoms with van der Waals surface area (Å²) >= 11 is 0. The van der Waals surface area contributed by atoms with Crippen LogP contribution in [0.5, 0.6) is 0 Å². The highest BCUT2D eigenvalue weighted by atomic mass is 16.2. The molecule has 1 atom stereocenters. The Morgan fingerprint density at radius 1 is 1.22 bits per heavy atom. The minimum atomic E-state index is -0.146. The summed E-state index contributed by atoms with van der Waals surface area (Å²) in [5, 5.41) is 6.63. The number of carbonyl (C=O) groups excluding carboxylic acids is 1. The van der Waals surface area contributed by atoms with Crippen molar-refractivity contribution >= 4 is 5.91 Å². The van der Waals surface area contributed by atoms with Gasteiger partial charge in [0.25, 0.3) is 0 Å².